The number of rotatable bonds is 3. The van der Waals surface area contributed by atoms with Gasteiger partial charge in [-0.05, 0) is 24.3 Å². The van der Waals surface area contributed by atoms with Gasteiger partial charge in [-0.1, -0.05) is 12.1 Å². The lowest BCUT2D eigenvalue weighted by Gasteiger charge is -2.10. The molecule has 3 aromatic rings. The van der Waals surface area contributed by atoms with Gasteiger partial charge in [0.2, 0.25) is 0 Å². The van der Waals surface area contributed by atoms with Crippen LogP contribution >= 0.6 is 0 Å². The molecule has 0 saturated heterocycles. The van der Waals surface area contributed by atoms with Crippen LogP contribution in [-0.2, 0) is 4.74 Å². The minimum absolute atomic E-state index is 0.118. The molecule has 6 heteroatoms. The molecule has 0 radical (unpaired) electrons. The quantitative estimate of drug-likeness (QED) is 0.725. The van der Waals surface area contributed by atoms with Crippen molar-refractivity contribution in [2.24, 2.45) is 0 Å². The summed E-state index contributed by atoms with van der Waals surface area (Å²) >= 11 is 0. The Bertz CT molecular complexity index is 902. The molecule has 1 aromatic carbocycles. The van der Waals surface area contributed by atoms with E-state index in [0.29, 0.717) is 28.1 Å². The van der Waals surface area contributed by atoms with Gasteiger partial charge in [-0.15, -0.1) is 0 Å². The average molecular weight is 295 g/mol. The summed E-state index contributed by atoms with van der Waals surface area (Å²) in [5, 5.41) is 3.55. The zero-order chi connectivity index (χ0) is 15.5. The maximum Gasteiger partial charge on any atom is 0.341 e. The van der Waals surface area contributed by atoms with Gasteiger partial charge in [-0.2, -0.15) is 0 Å². The molecule has 0 aliphatic rings. The molecule has 0 unspecified atom stereocenters. The van der Waals surface area contributed by atoms with Crippen LogP contribution in [0.2, 0.25) is 0 Å². The van der Waals surface area contributed by atoms with Crippen LogP contribution in [0.1, 0.15) is 10.4 Å². The number of benzene rings is 1. The van der Waals surface area contributed by atoms with E-state index in [4.69, 9.17) is 4.74 Å². The number of methoxy groups -OCH3 is 1. The predicted octanol–water partition coefficient (Wildman–Crippen LogP) is 2.45. The number of hydrogen-bond acceptors (Lipinski definition) is 5. The molecule has 3 rings (SSSR count). The first kappa shape index (κ1) is 13.8. The molecule has 0 aliphatic carbocycles. The Labute approximate surface area is 125 Å². The third-order valence-corrected chi connectivity index (χ3v) is 3.20. The smallest absolute Gasteiger partial charge is 0.341 e. The molecule has 0 atom stereocenters. The van der Waals surface area contributed by atoms with Crippen molar-refractivity contribution in [3.05, 3.63) is 64.4 Å². The molecule has 0 fully saturated rings. The van der Waals surface area contributed by atoms with Crippen molar-refractivity contribution in [3.63, 3.8) is 0 Å². The highest BCUT2D eigenvalue weighted by Crippen LogP contribution is 2.18. The van der Waals surface area contributed by atoms with E-state index in [-0.39, 0.29) is 5.43 Å². The van der Waals surface area contributed by atoms with Crippen LogP contribution in [0.25, 0.3) is 10.9 Å². The molecule has 2 N–H and O–H groups in total. The topological polar surface area (TPSA) is 84.1 Å². The monoisotopic (exact) mass is 295 g/mol. The van der Waals surface area contributed by atoms with E-state index >= 15 is 0 Å². The van der Waals surface area contributed by atoms with Crippen molar-refractivity contribution in [2.45, 2.75) is 0 Å². The Hall–Kier alpha value is -3.15. The summed E-state index contributed by atoms with van der Waals surface area (Å²) in [6.07, 6.45) is 1.55. The van der Waals surface area contributed by atoms with E-state index in [0.717, 1.165) is 0 Å². The Morgan fingerprint density at radius 1 is 1.23 bits per heavy atom. The molecule has 110 valence electrons. The summed E-state index contributed by atoms with van der Waals surface area (Å²) in [4.78, 5) is 31.0. The largest absolute Gasteiger partial charge is 0.465 e. The number of ether oxygens (including phenoxy) is 1. The summed E-state index contributed by atoms with van der Waals surface area (Å²) in [5.74, 6) is 0.270. The van der Waals surface area contributed by atoms with Crippen molar-refractivity contribution < 1.29 is 9.53 Å². The van der Waals surface area contributed by atoms with Gasteiger partial charge in [0.15, 0.2) is 5.43 Å². The Morgan fingerprint density at radius 2 is 2.05 bits per heavy atom. The van der Waals surface area contributed by atoms with Crippen LogP contribution in [0.3, 0.4) is 0 Å². The van der Waals surface area contributed by atoms with Gasteiger partial charge in [0, 0.05) is 17.6 Å². The van der Waals surface area contributed by atoms with E-state index in [9.17, 15) is 9.59 Å². The fourth-order valence-corrected chi connectivity index (χ4v) is 2.17. The van der Waals surface area contributed by atoms with Gasteiger partial charge in [-0.25, -0.2) is 9.78 Å². The number of aromatic amines is 1. The second-order valence-electron chi connectivity index (χ2n) is 4.61. The van der Waals surface area contributed by atoms with Gasteiger partial charge >= 0.3 is 5.97 Å². The molecule has 0 amide bonds. The first-order chi connectivity index (χ1) is 10.7. The number of carbonyl (C=O) groups is 1. The number of aromatic nitrogens is 2. The number of nitrogens with one attached hydrogen (secondary N) is 2. The van der Waals surface area contributed by atoms with Gasteiger partial charge in [-0.3, -0.25) is 4.79 Å². The number of esters is 1. The SMILES string of the molecule is COC(=O)c1cccnc1Nc1cc(=O)c2ccccc2[nH]1. The van der Waals surface area contributed by atoms with E-state index in [2.05, 4.69) is 15.3 Å². The second-order valence-corrected chi connectivity index (χ2v) is 4.61. The molecule has 6 nitrogen and oxygen atoms in total. The highest BCUT2D eigenvalue weighted by molar-refractivity contribution is 5.95. The van der Waals surface area contributed by atoms with E-state index in [1.165, 1.54) is 13.2 Å². The standard InChI is InChI=1S/C16H13N3O3/c1-22-16(21)11-6-4-8-17-15(11)19-14-9-13(20)10-5-2-3-7-12(10)18-14/h2-9H,1H3,(H2,17,18,19,20). The lowest BCUT2D eigenvalue weighted by Crippen LogP contribution is -2.10. The van der Waals surface area contributed by atoms with E-state index in [1.54, 1.807) is 30.5 Å². The summed E-state index contributed by atoms with van der Waals surface area (Å²) in [5.41, 5.74) is 0.874. The van der Waals surface area contributed by atoms with Gasteiger partial charge < -0.3 is 15.0 Å². The number of anilines is 2. The highest BCUT2D eigenvalue weighted by Gasteiger charge is 2.13. The van der Waals surface area contributed by atoms with Gasteiger partial charge in [0.1, 0.15) is 17.2 Å². The minimum atomic E-state index is -0.501. The van der Waals surface area contributed by atoms with Crippen molar-refractivity contribution in [3.8, 4) is 0 Å². The van der Waals surface area contributed by atoms with Crippen LogP contribution in [-0.4, -0.2) is 23.0 Å². The van der Waals surface area contributed by atoms with Crippen LogP contribution in [0, 0.1) is 0 Å². The first-order valence-corrected chi connectivity index (χ1v) is 6.61. The zero-order valence-corrected chi connectivity index (χ0v) is 11.8. The number of pyridine rings is 2. The number of nitrogens with zero attached hydrogens (tertiary/aromatic N) is 1. The van der Waals surface area contributed by atoms with Gasteiger partial charge in [0.25, 0.3) is 0 Å². The Kier molecular flexibility index (Phi) is 3.57. The summed E-state index contributed by atoms with van der Waals surface area (Å²) in [6, 6.07) is 11.9. The number of fused-ring (bicyclic) bond motifs is 1. The average Bonchev–Trinajstić information content (AvgIpc) is 2.55. The van der Waals surface area contributed by atoms with Crippen molar-refractivity contribution >= 4 is 28.5 Å². The van der Waals surface area contributed by atoms with E-state index in [1.807, 2.05) is 12.1 Å². The summed E-state index contributed by atoms with van der Waals surface area (Å²) < 4.78 is 4.72. The predicted molar refractivity (Wildman–Crippen MR) is 83.4 cm³/mol. The molecule has 0 bridgehead atoms. The summed E-state index contributed by atoms with van der Waals surface area (Å²) in [6.45, 7) is 0. The highest BCUT2D eigenvalue weighted by atomic mass is 16.5. The first-order valence-electron chi connectivity index (χ1n) is 6.61. The van der Waals surface area contributed by atoms with E-state index < -0.39 is 5.97 Å². The van der Waals surface area contributed by atoms with Crippen LogP contribution in [0.4, 0.5) is 11.6 Å². The van der Waals surface area contributed by atoms with Crippen LogP contribution in [0.5, 0.6) is 0 Å². The third kappa shape index (κ3) is 2.54. The van der Waals surface area contributed by atoms with Crippen molar-refractivity contribution in [2.75, 3.05) is 12.4 Å². The fourth-order valence-electron chi connectivity index (χ4n) is 2.17. The Morgan fingerprint density at radius 3 is 2.86 bits per heavy atom. The second kappa shape index (κ2) is 5.69. The lowest BCUT2D eigenvalue weighted by atomic mass is 10.2. The molecular weight excluding hydrogens is 282 g/mol. The Balaban J connectivity index is 2.04. The number of para-hydroxylation sites is 1. The molecule has 2 aromatic heterocycles. The molecular formula is C16H13N3O3. The van der Waals surface area contributed by atoms with Crippen LogP contribution in [0.15, 0.2) is 53.5 Å². The number of H-pyrrole nitrogens is 1. The molecule has 22 heavy (non-hydrogen) atoms. The fraction of sp³-hybridized carbons (Fsp3) is 0.0625. The van der Waals surface area contributed by atoms with Gasteiger partial charge in [0.05, 0.1) is 12.6 Å². The maximum atomic E-state index is 12.1. The zero-order valence-electron chi connectivity index (χ0n) is 11.8. The van der Waals surface area contributed by atoms with Crippen LogP contribution < -0.4 is 10.7 Å². The number of carbonyl (C=O) groups excluding carboxylic acids is 1. The molecule has 2 heterocycles. The number of hydrogen-bond donors (Lipinski definition) is 2. The summed E-state index contributed by atoms with van der Waals surface area (Å²) in [7, 11) is 1.30. The minimum Gasteiger partial charge on any atom is -0.465 e. The molecule has 0 spiro atoms. The maximum absolute atomic E-state index is 12.1. The molecule has 0 saturated carbocycles. The third-order valence-electron chi connectivity index (χ3n) is 3.20. The molecule has 0 aliphatic heterocycles. The van der Waals surface area contributed by atoms with Crippen molar-refractivity contribution in [1.82, 2.24) is 9.97 Å². The lowest BCUT2D eigenvalue weighted by molar-refractivity contribution is 0.0601. The normalized spacial score (nSPS) is 10.4. The van der Waals surface area contributed by atoms with Crippen molar-refractivity contribution in [1.29, 1.82) is 0 Å².